The van der Waals surface area contributed by atoms with Crippen molar-refractivity contribution in [3.05, 3.63) is 149 Å². The van der Waals surface area contributed by atoms with Gasteiger partial charge in [0.1, 0.15) is 0 Å². The van der Waals surface area contributed by atoms with Gasteiger partial charge in [-0.05, 0) is 56.8 Å². The molecule has 0 fully saturated rings. The summed E-state index contributed by atoms with van der Waals surface area (Å²) in [6, 6.07) is 27.5. The number of carbonyl (C=O) groups excluding carboxylic acids is 3. The van der Waals surface area contributed by atoms with E-state index < -0.39 is 4.92 Å². The maximum atomic E-state index is 11.5. The van der Waals surface area contributed by atoms with E-state index in [0.717, 1.165) is 22.0 Å². The van der Waals surface area contributed by atoms with E-state index in [4.69, 9.17) is 0 Å². The van der Waals surface area contributed by atoms with E-state index in [1.54, 1.807) is 20.8 Å². The summed E-state index contributed by atoms with van der Waals surface area (Å²) in [6.07, 6.45) is 0. The Hall–Kier alpha value is -5.83. The number of non-ortho nitro benzene ring substituents is 1. The minimum Gasteiger partial charge on any atom is -0.348 e. The summed E-state index contributed by atoms with van der Waals surface area (Å²) in [5, 5.41) is 20.7. The Morgan fingerprint density at radius 2 is 1.22 bits per heavy atom. The van der Waals surface area contributed by atoms with Gasteiger partial charge in [-0.1, -0.05) is 86.0 Å². The molecule has 0 saturated carbocycles. The van der Waals surface area contributed by atoms with Gasteiger partial charge in [0.15, 0.2) is 0 Å². The minimum atomic E-state index is -0.496. The van der Waals surface area contributed by atoms with Crippen molar-refractivity contribution in [2.75, 3.05) is 10.6 Å². The molecule has 0 unspecified atom stereocenters. The lowest BCUT2D eigenvalue weighted by Crippen LogP contribution is -2.22. The van der Waals surface area contributed by atoms with Crippen LogP contribution in [0.2, 0.25) is 0 Å². The van der Waals surface area contributed by atoms with Crippen LogP contribution in [0.25, 0.3) is 10.8 Å². The first-order valence-corrected chi connectivity index (χ1v) is 13.9. The monoisotopic (exact) mass is 606 g/mol. The molecule has 4 aromatic rings. The first-order valence-electron chi connectivity index (χ1n) is 13.9. The molecule has 0 aliphatic heterocycles. The molecule has 9 heteroatoms. The number of amides is 3. The molecule has 0 radical (unpaired) electrons. The van der Waals surface area contributed by atoms with Crippen molar-refractivity contribution in [2.45, 2.75) is 34.2 Å². The molecule has 9 nitrogen and oxygen atoms in total. The van der Waals surface area contributed by atoms with E-state index in [1.807, 2.05) is 73.7 Å². The summed E-state index contributed by atoms with van der Waals surface area (Å²) in [5.41, 5.74) is 5.08. The Bertz CT molecular complexity index is 1700. The number of rotatable bonds is 8. The molecular formula is C36H38N4O5. The van der Waals surface area contributed by atoms with Crippen LogP contribution in [-0.4, -0.2) is 22.6 Å². The number of anilines is 2. The van der Waals surface area contributed by atoms with Gasteiger partial charge < -0.3 is 16.0 Å². The second kappa shape index (κ2) is 17.3. The summed E-state index contributed by atoms with van der Waals surface area (Å²) in [5.74, 6) is -0.536. The maximum Gasteiger partial charge on any atom is 0.269 e. The highest BCUT2D eigenvalue weighted by atomic mass is 16.6. The number of hydrogen-bond donors (Lipinski definition) is 3. The van der Waals surface area contributed by atoms with Crippen LogP contribution in [0.15, 0.2) is 127 Å². The van der Waals surface area contributed by atoms with Crippen LogP contribution in [0.1, 0.15) is 31.9 Å². The predicted octanol–water partition coefficient (Wildman–Crippen LogP) is 7.65. The summed E-state index contributed by atoms with van der Waals surface area (Å²) in [6.45, 7) is 18.2. The standard InChI is InChI=1S/C14H13NO.C12H15NO.C10H10N2O3/c1-10(2)14(16)15-13-9-5-7-11-6-3-4-8-12(11)13;1-9(2)12(14)13-8-11-6-4-10(3)5-7-11;1-7(2)10(13)11-8-3-5-9(6-4-8)12(14)15/h3-9H,1H2,2H3,(H,15,16);4-7H,1,8H2,2-3H3,(H,13,14);3-6H,1H2,2H3,(H,11,13). The molecule has 0 saturated heterocycles. The Morgan fingerprint density at radius 3 is 1.78 bits per heavy atom. The van der Waals surface area contributed by atoms with Gasteiger partial charge in [0.05, 0.1) is 4.92 Å². The molecule has 0 spiro atoms. The normalized spacial score (nSPS) is 9.69. The number of carbonyl (C=O) groups is 3. The average molecular weight is 607 g/mol. The van der Waals surface area contributed by atoms with Gasteiger partial charge in [-0.15, -0.1) is 0 Å². The van der Waals surface area contributed by atoms with E-state index in [0.29, 0.717) is 29.0 Å². The number of aryl methyl sites for hydroxylation is 1. The molecule has 0 heterocycles. The third-order valence-corrected chi connectivity index (χ3v) is 6.11. The van der Waals surface area contributed by atoms with Crippen molar-refractivity contribution < 1.29 is 19.3 Å². The number of nitrogens with one attached hydrogen (secondary N) is 3. The van der Waals surface area contributed by atoms with Crippen molar-refractivity contribution in [3.63, 3.8) is 0 Å². The van der Waals surface area contributed by atoms with Crippen molar-refractivity contribution >= 4 is 45.6 Å². The average Bonchev–Trinajstić information content (AvgIpc) is 3.01. The van der Waals surface area contributed by atoms with E-state index in [2.05, 4.69) is 35.7 Å². The van der Waals surface area contributed by atoms with E-state index >= 15 is 0 Å². The molecule has 232 valence electrons. The molecule has 0 aliphatic carbocycles. The molecule has 4 aromatic carbocycles. The van der Waals surface area contributed by atoms with Gasteiger partial charge in [-0.25, -0.2) is 0 Å². The fraction of sp³-hybridized carbons (Fsp3) is 0.139. The maximum absolute atomic E-state index is 11.5. The summed E-state index contributed by atoms with van der Waals surface area (Å²) < 4.78 is 0. The smallest absolute Gasteiger partial charge is 0.269 e. The SMILES string of the molecule is C=C(C)C(=O)NCc1ccc(C)cc1.C=C(C)C(=O)Nc1ccc([N+](=O)[O-])cc1.C=C(C)C(=O)Nc1cccc2ccccc12. The fourth-order valence-corrected chi connectivity index (χ4v) is 3.51. The van der Waals surface area contributed by atoms with E-state index in [9.17, 15) is 24.5 Å². The van der Waals surface area contributed by atoms with Crippen LogP contribution in [0, 0.1) is 17.0 Å². The number of fused-ring (bicyclic) bond motifs is 1. The summed E-state index contributed by atoms with van der Waals surface area (Å²) >= 11 is 0. The van der Waals surface area contributed by atoms with Crippen LogP contribution in [-0.2, 0) is 20.9 Å². The minimum absolute atomic E-state index is 0.0108. The Morgan fingerprint density at radius 1 is 0.689 bits per heavy atom. The number of hydrogen-bond acceptors (Lipinski definition) is 5. The second-order valence-electron chi connectivity index (χ2n) is 10.2. The molecule has 4 rings (SSSR count). The molecule has 0 aromatic heterocycles. The van der Waals surface area contributed by atoms with Gasteiger partial charge in [-0.3, -0.25) is 24.5 Å². The molecule has 0 atom stereocenters. The number of nitro benzene ring substituents is 1. The highest BCUT2D eigenvalue weighted by molar-refractivity contribution is 6.08. The summed E-state index contributed by atoms with van der Waals surface area (Å²) in [4.78, 5) is 43.8. The molecule has 0 bridgehead atoms. The Kier molecular flexibility index (Phi) is 13.6. The molecule has 0 aliphatic rings. The van der Waals surface area contributed by atoms with Crippen LogP contribution in [0.5, 0.6) is 0 Å². The first kappa shape index (κ1) is 35.4. The molecular weight excluding hydrogens is 568 g/mol. The Balaban J connectivity index is 0.000000236. The van der Waals surface area contributed by atoms with Crippen LogP contribution < -0.4 is 16.0 Å². The number of benzene rings is 4. The third-order valence-electron chi connectivity index (χ3n) is 6.11. The fourth-order valence-electron chi connectivity index (χ4n) is 3.51. The molecule has 45 heavy (non-hydrogen) atoms. The van der Waals surface area contributed by atoms with Gasteiger partial charge in [-0.2, -0.15) is 0 Å². The highest BCUT2D eigenvalue weighted by Gasteiger charge is 2.07. The predicted molar refractivity (Wildman–Crippen MR) is 182 cm³/mol. The van der Waals surface area contributed by atoms with Crippen LogP contribution in [0.3, 0.4) is 0 Å². The second-order valence-corrected chi connectivity index (χ2v) is 10.2. The lowest BCUT2D eigenvalue weighted by Gasteiger charge is -2.08. The number of nitrogens with zero attached hydrogens (tertiary/aromatic N) is 1. The van der Waals surface area contributed by atoms with Gasteiger partial charge in [0, 0.05) is 52.2 Å². The third kappa shape index (κ3) is 12.1. The van der Waals surface area contributed by atoms with E-state index in [-0.39, 0.29) is 23.4 Å². The highest BCUT2D eigenvalue weighted by Crippen LogP contribution is 2.23. The largest absolute Gasteiger partial charge is 0.348 e. The van der Waals surface area contributed by atoms with Crippen LogP contribution in [0.4, 0.5) is 17.1 Å². The van der Waals surface area contributed by atoms with Crippen molar-refractivity contribution in [1.29, 1.82) is 0 Å². The zero-order chi connectivity index (χ0) is 33.5. The zero-order valence-corrected chi connectivity index (χ0v) is 26.0. The van der Waals surface area contributed by atoms with Crippen molar-refractivity contribution in [1.82, 2.24) is 5.32 Å². The molecule has 3 amide bonds. The lowest BCUT2D eigenvalue weighted by atomic mass is 10.1. The summed E-state index contributed by atoms with van der Waals surface area (Å²) in [7, 11) is 0. The van der Waals surface area contributed by atoms with E-state index in [1.165, 1.54) is 29.8 Å². The first-order chi connectivity index (χ1) is 21.3. The lowest BCUT2D eigenvalue weighted by molar-refractivity contribution is -0.384. The van der Waals surface area contributed by atoms with Gasteiger partial charge >= 0.3 is 0 Å². The Labute approximate surface area is 263 Å². The topological polar surface area (TPSA) is 130 Å². The van der Waals surface area contributed by atoms with Crippen molar-refractivity contribution in [3.8, 4) is 0 Å². The molecule has 3 N–H and O–H groups in total. The van der Waals surface area contributed by atoms with Gasteiger partial charge in [0.25, 0.3) is 17.5 Å². The quantitative estimate of drug-likeness (QED) is 0.108. The zero-order valence-electron chi connectivity index (χ0n) is 26.0. The van der Waals surface area contributed by atoms with Crippen LogP contribution >= 0.6 is 0 Å². The van der Waals surface area contributed by atoms with Crippen molar-refractivity contribution in [2.24, 2.45) is 0 Å². The number of nitro groups is 1. The van der Waals surface area contributed by atoms with Gasteiger partial charge in [0.2, 0.25) is 5.91 Å².